The van der Waals surface area contributed by atoms with Gasteiger partial charge in [-0.25, -0.2) is 0 Å². The van der Waals surface area contributed by atoms with Crippen LogP contribution in [0.1, 0.15) is 70.3 Å². The first kappa shape index (κ1) is 27.6. The van der Waals surface area contributed by atoms with Crippen LogP contribution in [-0.4, -0.2) is 13.0 Å². The van der Waals surface area contributed by atoms with E-state index in [9.17, 15) is 18.1 Å². The summed E-state index contributed by atoms with van der Waals surface area (Å²) in [5.74, 6) is -0.413. The van der Waals surface area contributed by atoms with Crippen LogP contribution in [0.3, 0.4) is 0 Å². The van der Waals surface area contributed by atoms with Crippen LogP contribution < -0.4 is 61.2 Å². The summed E-state index contributed by atoms with van der Waals surface area (Å²) in [6.45, 7) is 2.23. The molecular weight excluding hydrogens is 427 g/mol. The monoisotopic (exact) mass is 458 g/mol. The maximum Gasteiger partial charge on any atom is 1.00 e. The molecule has 2 rings (SSSR count). The first-order valence-corrected chi connectivity index (χ1v) is 11.9. The predicted octanol–water partition coefficient (Wildman–Crippen LogP) is 2.88. The maximum absolute atomic E-state index is 12.3. The van der Waals surface area contributed by atoms with Gasteiger partial charge >= 0.3 is 51.4 Å². The summed E-state index contributed by atoms with van der Waals surface area (Å²) >= 11 is 0. The number of ether oxygens (including phenoxy) is 1. The normalized spacial score (nSPS) is 11.1. The van der Waals surface area contributed by atoms with Gasteiger partial charge in [0.2, 0.25) is 0 Å². The molecule has 0 unspecified atom stereocenters. The van der Waals surface area contributed by atoms with E-state index in [0.29, 0.717) is 5.75 Å². The van der Waals surface area contributed by atoms with Gasteiger partial charge in [-0.2, -0.15) is 8.42 Å². The van der Waals surface area contributed by atoms with Gasteiger partial charge in [0.1, 0.15) is 11.5 Å². The Bertz CT molecular complexity index is 868. The van der Waals surface area contributed by atoms with Crippen LogP contribution in [0, 0.1) is 0 Å². The molecule has 0 aliphatic carbocycles. The van der Waals surface area contributed by atoms with Crippen molar-refractivity contribution in [1.29, 1.82) is 0 Å². The van der Waals surface area contributed by atoms with Gasteiger partial charge in [-0.15, -0.1) is 0 Å². The van der Waals surface area contributed by atoms with Gasteiger partial charge in [-0.3, -0.25) is 4.55 Å². The molecule has 2 aromatic rings. The molecule has 0 aromatic heterocycles. The number of rotatable bonds is 13. The third kappa shape index (κ3) is 9.38. The minimum atomic E-state index is -4.58. The third-order valence-corrected chi connectivity index (χ3v) is 5.84. The van der Waals surface area contributed by atoms with Crippen molar-refractivity contribution in [2.24, 2.45) is 0 Å². The molecule has 7 heteroatoms. The summed E-state index contributed by atoms with van der Waals surface area (Å²) in [5, 5.41) is 12.3. The number of hydrogen-bond acceptors (Lipinski definition) is 4. The Morgan fingerprint density at radius 2 is 1.40 bits per heavy atom. The molecular formula is C23H31KO5S. The van der Waals surface area contributed by atoms with E-state index in [1.807, 2.05) is 18.2 Å². The Balaban J connectivity index is 0.00000450. The van der Waals surface area contributed by atoms with Crippen molar-refractivity contribution in [3.8, 4) is 17.2 Å². The molecule has 0 bridgehead atoms. The van der Waals surface area contributed by atoms with E-state index < -0.39 is 20.8 Å². The average molecular weight is 459 g/mol. The van der Waals surface area contributed by atoms with Crippen LogP contribution in [0.25, 0.3) is 0 Å². The quantitative estimate of drug-likeness (QED) is 0.283. The minimum absolute atomic E-state index is 0. The number of aryl methyl sites for hydroxylation is 1. The molecule has 0 fully saturated rings. The van der Waals surface area contributed by atoms with Crippen molar-refractivity contribution in [2.45, 2.75) is 76.0 Å². The van der Waals surface area contributed by atoms with Gasteiger partial charge in [0, 0.05) is 0 Å². The zero-order chi connectivity index (χ0) is 21.1. The molecule has 5 nitrogen and oxygen atoms in total. The van der Waals surface area contributed by atoms with Crippen molar-refractivity contribution in [3.63, 3.8) is 0 Å². The van der Waals surface area contributed by atoms with E-state index in [2.05, 4.69) is 6.92 Å². The Morgan fingerprint density at radius 3 is 2.03 bits per heavy atom. The van der Waals surface area contributed by atoms with E-state index in [0.717, 1.165) is 30.9 Å². The number of benzene rings is 2. The second-order valence-corrected chi connectivity index (χ2v) is 8.74. The summed E-state index contributed by atoms with van der Waals surface area (Å²) in [6, 6.07) is 11.3. The second-order valence-electron chi connectivity index (χ2n) is 7.35. The van der Waals surface area contributed by atoms with Crippen LogP contribution in [0.15, 0.2) is 47.4 Å². The Hall–Kier alpha value is -0.414. The SMILES string of the molecule is CCCCCCCCCCCc1ccccc1Oc1cccc(S(=O)(=O)O)c1[O-].[K+]. The fourth-order valence-corrected chi connectivity index (χ4v) is 3.92. The van der Waals surface area contributed by atoms with Crippen molar-refractivity contribution >= 4 is 10.1 Å². The minimum Gasteiger partial charge on any atom is -0.869 e. The first-order chi connectivity index (χ1) is 13.9. The van der Waals surface area contributed by atoms with E-state index in [1.165, 1.54) is 57.1 Å². The van der Waals surface area contributed by atoms with Crippen LogP contribution >= 0.6 is 0 Å². The summed E-state index contributed by atoms with van der Waals surface area (Å²) in [6.07, 6.45) is 12.1. The zero-order valence-corrected chi connectivity index (χ0v) is 22.0. The van der Waals surface area contributed by atoms with E-state index in [1.54, 1.807) is 6.07 Å². The molecule has 0 spiro atoms. The van der Waals surface area contributed by atoms with Crippen molar-refractivity contribution in [1.82, 2.24) is 0 Å². The number of unbranched alkanes of at least 4 members (excludes halogenated alkanes) is 8. The summed E-state index contributed by atoms with van der Waals surface area (Å²) in [7, 11) is -4.58. The van der Waals surface area contributed by atoms with Gasteiger partial charge in [0.05, 0.1) is 4.90 Å². The molecule has 0 saturated heterocycles. The molecule has 0 atom stereocenters. The van der Waals surface area contributed by atoms with Gasteiger partial charge in [-0.1, -0.05) is 82.6 Å². The van der Waals surface area contributed by atoms with Gasteiger partial charge in [-0.05, 0) is 42.4 Å². The van der Waals surface area contributed by atoms with Crippen molar-refractivity contribution in [3.05, 3.63) is 48.0 Å². The molecule has 2 aromatic carbocycles. The summed E-state index contributed by atoms with van der Waals surface area (Å²) < 4.78 is 37.6. The van der Waals surface area contributed by atoms with Crippen LogP contribution in [-0.2, 0) is 16.5 Å². The van der Waals surface area contributed by atoms with Crippen molar-refractivity contribution in [2.75, 3.05) is 0 Å². The zero-order valence-electron chi connectivity index (χ0n) is 18.1. The topological polar surface area (TPSA) is 86.7 Å². The van der Waals surface area contributed by atoms with E-state index >= 15 is 0 Å². The first-order valence-electron chi connectivity index (χ1n) is 10.5. The fraction of sp³-hybridized carbons (Fsp3) is 0.478. The predicted molar refractivity (Wildman–Crippen MR) is 113 cm³/mol. The molecule has 0 saturated carbocycles. The number of hydrogen-bond donors (Lipinski definition) is 1. The largest absolute Gasteiger partial charge is 1.00 e. The van der Waals surface area contributed by atoms with Gasteiger partial charge in [0.25, 0.3) is 10.1 Å². The van der Waals surface area contributed by atoms with Gasteiger partial charge < -0.3 is 9.84 Å². The molecule has 0 amide bonds. The molecule has 0 heterocycles. The third-order valence-electron chi connectivity index (χ3n) is 4.96. The van der Waals surface area contributed by atoms with E-state index in [4.69, 9.17) is 4.74 Å². The Morgan fingerprint density at radius 1 is 0.833 bits per heavy atom. The van der Waals surface area contributed by atoms with Crippen LogP contribution in [0.2, 0.25) is 0 Å². The molecule has 160 valence electrons. The fourth-order valence-electron chi connectivity index (χ4n) is 3.33. The van der Waals surface area contributed by atoms with Crippen LogP contribution in [0.4, 0.5) is 0 Å². The Kier molecular flexibility index (Phi) is 13.5. The molecule has 30 heavy (non-hydrogen) atoms. The van der Waals surface area contributed by atoms with Gasteiger partial charge in [0.15, 0.2) is 0 Å². The summed E-state index contributed by atoms with van der Waals surface area (Å²) in [4.78, 5) is -0.675. The summed E-state index contributed by atoms with van der Waals surface area (Å²) in [5.41, 5.74) is 0.979. The molecule has 1 N–H and O–H groups in total. The second kappa shape index (κ2) is 14.6. The molecule has 0 aliphatic heterocycles. The van der Waals surface area contributed by atoms with Crippen LogP contribution in [0.5, 0.6) is 17.2 Å². The Labute approximate surface area is 223 Å². The standard InChI is InChI=1S/C23H32O5S.K/c1-2-3-4-5-6-7-8-9-10-14-19-15-11-12-16-20(19)28-21-17-13-18-22(23(21)24)29(25,26)27;/h11-13,15-18,24H,2-10,14H2,1H3,(H,25,26,27);/q;+1/p-1. The average Bonchev–Trinajstić information content (AvgIpc) is 2.68. The van der Waals surface area contributed by atoms with Crippen molar-refractivity contribution < 1.29 is 74.2 Å². The smallest absolute Gasteiger partial charge is 0.869 e. The molecule has 0 aliphatic rings. The molecule has 0 radical (unpaired) electrons. The number of para-hydroxylation sites is 2. The maximum atomic E-state index is 12.3. The van der Waals surface area contributed by atoms with E-state index in [-0.39, 0.29) is 57.1 Å².